The molecule has 1 fully saturated rings. The fourth-order valence-corrected chi connectivity index (χ4v) is 4.72. The van der Waals surface area contributed by atoms with Crippen molar-refractivity contribution >= 4 is 22.4 Å². The fraction of sp³-hybridized carbons (Fsp3) is 0.200. The van der Waals surface area contributed by atoms with Gasteiger partial charge < -0.3 is 21.1 Å². The van der Waals surface area contributed by atoms with Gasteiger partial charge in [-0.25, -0.2) is 9.98 Å². The smallest absolute Gasteiger partial charge is 0.149 e. The number of aliphatic hydroxyl groups is 1. The van der Waals surface area contributed by atoms with E-state index >= 15 is 0 Å². The van der Waals surface area contributed by atoms with Crippen LogP contribution in [0.4, 0.5) is 0 Å². The van der Waals surface area contributed by atoms with Gasteiger partial charge in [-0.05, 0) is 25.0 Å². The van der Waals surface area contributed by atoms with Crippen molar-refractivity contribution in [3.8, 4) is 11.3 Å². The minimum Gasteiger partial charge on any atom is -0.393 e. The fourth-order valence-electron chi connectivity index (χ4n) is 4.72. The summed E-state index contributed by atoms with van der Waals surface area (Å²) < 4.78 is 0. The maximum Gasteiger partial charge on any atom is 0.149 e. The van der Waals surface area contributed by atoms with Crippen molar-refractivity contribution in [2.24, 2.45) is 16.6 Å². The van der Waals surface area contributed by atoms with Gasteiger partial charge in [0.2, 0.25) is 0 Å². The lowest BCUT2D eigenvalue weighted by Gasteiger charge is -2.40. The molecule has 0 radical (unpaired) electrons. The van der Waals surface area contributed by atoms with E-state index in [1.807, 2.05) is 24.4 Å². The van der Waals surface area contributed by atoms with E-state index in [1.54, 1.807) is 6.20 Å². The summed E-state index contributed by atoms with van der Waals surface area (Å²) in [5.41, 5.74) is 12.2. The summed E-state index contributed by atoms with van der Waals surface area (Å²) in [5, 5.41) is 14.6. The normalized spacial score (nSPS) is 24.6. The van der Waals surface area contributed by atoms with E-state index in [2.05, 4.69) is 57.7 Å². The van der Waals surface area contributed by atoms with Gasteiger partial charge in [0, 0.05) is 34.8 Å². The van der Waals surface area contributed by atoms with Crippen LogP contribution in [-0.4, -0.2) is 33.1 Å². The van der Waals surface area contributed by atoms with Crippen LogP contribution in [0, 0.1) is 5.92 Å². The van der Waals surface area contributed by atoms with E-state index in [9.17, 15) is 5.11 Å². The van der Waals surface area contributed by atoms with Crippen molar-refractivity contribution in [3.05, 3.63) is 84.3 Å². The number of hydrogen-bond acceptors (Lipinski definition) is 6. The lowest BCUT2D eigenvalue weighted by Crippen LogP contribution is -2.49. The summed E-state index contributed by atoms with van der Waals surface area (Å²) in [4.78, 5) is 11.4. The third kappa shape index (κ3) is 2.99. The molecule has 1 saturated carbocycles. The molecule has 1 aromatic heterocycles. The number of nitrogens with one attached hydrogen (secondary N) is 1. The first-order chi connectivity index (χ1) is 15.2. The Bertz CT molecular complexity index is 1260. The minimum absolute atomic E-state index is 0.0676. The first-order valence-corrected chi connectivity index (χ1v) is 10.6. The number of nitrogens with zero attached hydrogens (tertiary/aromatic N) is 3. The SMILES string of the molecule is NC1=NC=CN2C1=C(c1ccc3ccc(-c4ccccc4)nc3c1)NC2C1CC(O)C1. The van der Waals surface area contributed by atoms with Gasteiger partial charge in [-0.3, -0.25) is 0 Å². The standard InChI is InChI=1S/C25H23N5O/c26-24-23-22(29-25(18-12-19(31)13-18)30(23)11-10-27-24)17-7-6-16-8-9-20(28-21(16)14-17)15-4-2-1-3-5-15/h1-11,14,18-19,25,29,31H,12-13H2,(H2,26,27). The number of amidine groups is 1. The van der Waals surface area contributed by atoms with Gasteiger partial charge in [0.25, 0.3) is 0 Å². The average Bonchev–Trinajstić information content (AvgIpc) is 3.17. The average molecular weight is 409 g/mol. The summed E-state index contributed by atoms with van der Waals surface area (Å²) in [6, 6.07) is 20.7. The molecular weight excluding hydrogens is 386 g/mol. The molecule has 1 atom stereocenters. The Kier molecular flexibility index (Phi) is 4.07. The first kappa shape index (κ1) is 18.2. The van der Waals surface area contributed by atoms with Gasteiger partial charge in [0.1, 0.15) is 17.7 Å². The number of aromatic nitrogens is 1. The lowest BCUT2D eigenvalue weighted by molar-refractivity contribution is 0.00849. The molecule has 0 saturated heterocycles. The Morgan fingerprint density at radius 3 is 2.61 bits per heavy atom. The number of aliphatic imine (C=N–C) groups is 1. The van der Waals surface area contributed by atoms with Crippen molar-refractivity contribution in [1.82, 2.24) is 15.2 Å². The van der Waals surface area contributed by atoms with E-state index in [-0.39, 0.29) is 12.3 Å². The highest BCUT2D eigenvalue weighted by molar-refractivity contribution is 6.05. The number of pyridine rings is 1. The summed E-state index contributed by atoms with van der Waals surface area (Å²) in [7, 11) is 0. The highest BCUT2D eigenvalue weighted by Gasteiger charge is 2.43. The number of fused-ring (bicyclic) bond motifs is 2. The van der Waals surface area contributed by atoms with Crippen LogP contribution in [0.25, 0.3) is 27.9 Å². The van der Waals surface area contributed by atoms with Gasteiger partial charge in [0.15, 0.2) is 0 Å². The summed E-state index contributed by atoms with van der Waals surface area (Å²) in [5.74, 6) is 0.861. The van der Waals surface area contributed by atoms with Crippen LogP contribution < -0.4 is 11.1 Å². The largest absolute Gasteiger partial charge is 0.393 e. The molecule has 0 amide bonds. The molecule has 6 heteroatoms. The Balaban J connectivity index is 1.42. The molecule has 3 heterocycles. The molecular formula is C25H23N5O. The highest BCUT2D eigenvalue weighted by Crippen LogP contribution is 2.40. The number of aliphatic hydroxyl groups excluding tert-OH is 1. The molecule has 0 bridgehead atoms. The van der Waals surface area contributed by atoms with Gasteiger partial charge in [-0.1, -0.05) is 48.5 Å². The molecule has 3 aliphatic rings. The zero-order valence-electron chi connectivity index (χ0n) is 16.9. The lowest BCUT2D eigenvalue weighted by atomic mass is 9.80. The second-order valence-corrected chi connectivity index (χ2v) is 8.39. The molecule has 3 aromatic rings. The highest BCUT2D eigenvalue weighted by atomic mass is 16.3. The van der Waals surface area contributed by atoms with Crippen LogP contribution in [0.5, 0.6) is 0 Å². The molecule has 154 valence electrons. The van der Waals surface area contributed by atoms with Gasteiger partial charge in [-0.15, -0.1) is 0 Å². The Labute approximate surface area is 180 Å². The van der Waals surface area contributed by atoms with E-state index in [0.717, 1.165) is 52.0 Å². The number of nitrogens with two attached hydrogens (primary N) is 1. The van der Waals surface area contributed by atoms with Crippen molar-refractivity contribution in [1.29, 1.82) is 0 Å². The monoisotopic (exact) mass is 409 g/mol. The second kappa shape index (κ2) is 6.96. The summed E-state index contributed by atoms with van der Waals surface area (Å²) in [6.45, 7) is 0. The molecule has 2 aromatic carbocycles. The summed E-state index contributed by atoms with van der Waals surface area (Å²) in [6.07, 6.45) is 5.14. The van der Waals surface area contributed by atoms with E-state index in [0.29, 0.717) is 11.8 Å². The van der Waals surface area contributed by atoms with Crippen LogP contribution in [0.3, 0.4) is 0 Å². The van der Waals surface area contributed by atoms with Gasteiger partial charge >= 0.3 is 0 Å². The Hall–Kier alpha value is -3.64. The van der Waals surface area contributed by atoms with Crippen molar-refractivity contribution < 1.29 is 5.11 Å². The third-order valence-corrected chi connectivity index (χ3v) is 6.42. The number of benzene rings is 2. The maximum atomic E-state index is 9.81. The first-order valence-electron chi connectivity index (χ1n) is 10.6. The van der Waals surface area contributed by atoms with Crippen LogP contribution >= 0.6 is 0 Å². The zero-order valence-corrected chi connectivity index (χ0v) is 16.9. The quantitative estimate of drug-likeness (QED) is 0.617. The van der Waals surface area contributed by atoms with E-state index in [4.69, 9.17) is 10.7 Å². The molecule has 1 aliphatic carbocycles. The van der Waals surface area contributed by atoms with Gasteiger partial charge in [0.05, 0.1) is 23.0 Å². The molecule has 4 N–H and O–H groups in total. The topological polar surface area (TPSA) is 86.8 Å². The minimum atomic E-state index is -0.208. The van der Waals surface area contributed by atoms with E-state index < -0.39 is 0 Å². The van der Waals surface area contributed by atoms with Gasteiger partial charge in [-0.2, -0.15) is 0 Å². The molecule has 6 rings (SSSR count). The second-order valence-electron chi connectivity index (χ2n) is 8.39. The Morgan fingerprint density at radius 1 is 1.00 bits per heavy atom. The molecule has 0 spiro atoms. The predicted molar refractivity (Wildman–Crippen MR) is 122 cm³/mol. The molecule has 2 aliphatic heterocycles. The van der Waals surface area contributed by atoms with Crippen LogP contribution in [0.15, 0.2) is 83.8 Å². The number of hydrogen-bond donors (Lipinski definition) is 3. The third-order valence-electron chi connectivity index (χ3n) is 6.42. The van der Waals surface area contributed by atoms with Crippen LogP contribution in [0.2, 0.25) is 0 Å². The molecule has 31 heavy (non-hydrogen) atoms. The molecule has 1 unspecified atom stereocenters. The number of rotatable bonds is 3. The molecule has 6 nitrogen and oxygen atoms in total. The van der Waals surface area contributed by atoms with Crippen molar-refractivity contribution in [3.63, 3.8) is 0 Å². The van der Waals surface area contributed by atoms with Crippen LogP contribution in [0.1, 0.15) is 18.4 Å². The van der Waals surface area contributed by atoms with Crippen molar-refractivity contribution in [2.45, 2.75) is 25.1 Å². The van der Waals surface area contributed by atoms with E-state index in [1.165, 1.54) is 0 Å². The Morgan fingerprint density at radius 2 is 1.81 bits per heavy atom. The zero-order chi connectivity index (χ0) is 20.9. The maximum absolute atomic E-state index is 9.81. The van der Waals surface area contributed by atoms with Crippen LogP contribution in [-0.2, 0) is 0 Å². The predicted octanol–water partition coefficient (Wildman–Crippen LogP) is 3.41. The van der Waals surface area contributed by atoms with Crippen molar-refractivity contribution in [2.75, 3.05) is 0 Å². The summed E-state index contributed by atoms with van der Waals surface area (Å²) >= 11 is 0.